The molecule has 3 aromatic rings. The molecule has 1 aromatic carbocycles. The van der Waals surface area contributed by atoms with Gasteiger partial charge in [-0.3, -0.25) is 0 Å². The number of para-hydroxylation sites is 1. The molecule has 3 rings (SSSR count). The van der Waals surface area contributed by atoms with Gasteiger partial charge in [0.25, 0.3) is 0 Å². The summed E-state index contributed by atoms with van der Waals surface area (Å²) < 4.78 is 6.40. The molecule has 4 heteroatoms. The number of nitrogens with zero attached hydrogens (tertiary/aromatic N) is 1. The molecule has 0 atom stereocenters. The van der Waals surface area contributed by atoms with E-state index in [1.54, 1.807) is 0 Å². The smallest absolute Gasteiger partial charge is 0.175 e. The number of fused-ring (bicyclic) bond motifs is 1. The fourth-order valence-corrected chi connectivity index (χ4v) is 2.36. The Morgan fingerprint density at radius 2 is 2.11 bits per heavy atom. The molecule has 19 heavy (non-hydrogen) atoms. The number of rotatable bonds is 3. The molecule has 0 bridgehead atoms. The highest BCUT2D eigenvalue weighted by molar-refractivity contribution is 7.71. The van der Waals surface area contributed by atoms with Gasteiger partial charge in [-0.2, -0.15) is 0 Å². The van der Waals surface area contributed by atoms with E-state index < -0.39 is 0 Å². The predicted octanol–water partition coefficient (Wildman–Crippen LogP) is 4.50. The van der Waals surface area contributed by atoms with Gasteiger partial charge in [0.1, 0.15) is 10.2 Å². The third-order valence-corrected chi connectivity index (χ3v) is 3.19. The number of aromatic nitrogens is 2. The van der Waals surface area contributed by atoms with E-state index in [9.17, 15) is 0 Å². The Morgan fingerprint density at radius 1 is 1.26 bits per heavy atom. The monoisotopic (exact) mass is 270 g/mol. The van der Waals surface area contributed by atoms with Crippen molar-refractivity contribution in [2.75, 3.05) is 0 Å². The molecule has 2 aromatic heterocycles. The zero-order valence-corrected chi connectivity index (χ0v) is 11.5. The molecular weight excluding hydrogens is 256 g/mol. The molecule has 3 nitrogen and oxygen atoms in total. The summed E-state index contributed by atoms with van der Waals surface area (Å²) in [5.74, 6) is 1.43. The highest BCUT2D eigenvalue weighted by atomic mass is 32.1. The van der Waals surface area contributed by atoms with Crippen molar-refractivity contribution >= 4 is 23.2 Å². The normalized spacial score (nSPS) is 11.0. The molecule has 2 heterocycles. The topological polar surface area (TPSA) is 41.8 Å². The van der Waals surface area contributed by atoms with Crippen LogP contribution in [0, 0.1) is 4.64 Å². The van der Waals surface area contributed by atoms with Crippen molar-refractivity contribution in [1.82, 2.24) is 9.97 Å². The van der Waals surface area contributed by atoms with E-state index in [1.807, 2.05) is 36.4 Å². The van der Waals surface area contributed by atoms with Crippen LogP contribution in [0.15, 0.2) is 40.8 Å². The molecule has 0 saturated carbocycles. The second-order valence-electron chi connectivity index (χ2n) is 4.49. The number of aromatic amines is 1. The van der Waals surface area contributed by atoms with Crippen LogP contribution in [0.4, 0.5) is 0 Å². The molecule has 0 fully saturated rings. The lowest BCUT2D eigenvalue weighted by atomic mass is 10.2. The minimum atomic E-state index is 0.595. The highest BCUT2D eigenvalue weighted by Gasteiger charge is 2.08. The van der Waals surface area contributed by atoms with E-state index in [-0.39, 0.29) is 0 Å². The highest BCUT2D eigenvalue weighted by Crippen LogP contribution is 2.25. The molecule has 96 valence electrons. The Bertz CT molecular complexity index is 740. The van der Waals surface area contributed by atoms with E-state index >= 15 is 0 Å². The minimum absolute atomic E-state index is 0.595. The quantitative estimate of drug-likeness (QED) is 0.712. The number of benzene rings is 1. The number of nitrogens with one attached hydrogen (secondary N) is 1. The Morgan fingerprint density at radius 3 is 2.89 bits per heavy atom. The molecule has 0 unspecified atom stereocenters. The standard InChI is InChI=1S/C15H14N2OS/c1-2-5-11-9-14(19)17-15(16-11)13-8-10-6-3-4-7-12(10)18-13/h3-4,6-9H,2,5H2,1H3,(H,16,17,19). The molecule has 0 aliphatic carbocycles. The van der Waals surface area contributed by atoms with Crippen LogP contribution in [-0.4, -0.2) is 9.97 Å². The zero-order valence-electron chi connectivity index (χ0n) is 10.6. The zero-order chi connectivity index (χ0) is 13.2. The SMILES string of the molecule is CCCc1cc(=S)nc(-c2cc3ccccc3o2)[nH]1. The molecule has 1 N–H and O–H groups in total. The summed E-state index contributed by atoms with van der Waals surface area (Å²) in [5, 5.41) is 1.07. The minimum Gasteiger partial charge on any atom is -0.453 e. The third-order valence-electron chi connectivity index (χ3n) is 2.98. The maximum absolute atomic E-state index is 5.80. The number of H-pyrrole nitrogens is 1. The van der Waals surface area contributed by atoms with E-state index in [0.29, 0.717) is 10.5 Å². The van der Waals surface area contributed by atoms with Crippen molar-refractivity contribution in [3.63, 3.8) is 0 Å². The van der Waals surface area contributed by atoms with Gasteiger partial charge in [0.2, 0.25) is 0 Å². The summed E-state index contributed by atoms with van der Waals surface area (Å²) in [7, 11) is 0. The van der Waals surface area contributed by atoms with Crippen molar-refractivity contribution in [2.24, 2.45) is 0 Å². The Hall–Kier alpha value is -1.94. The van der Waals surface area contributed by atoms with Crippen LogP contribution in [0.1, 0.15) is 19.0 Å². The summed E-state index contributed by atoms with van der Waals surface area (Å²) in [6.45, 7) is 2.14. The van der Waals surface area contributed by atoms with Gasteiger partial charge in [-0.25, -0.2) is 4.98 Å². The van der Waals surface area contributed by atoms with Crippen LogP contribution in [0.5, 0.6) is 0 Å². The lowest BCUT2D eigenvalue weighted by Crippen LogP contribution is -1.95. The average molecular weight is 270 g/mol. The van der Waals surface area contributed by atoms with Crippen molar-refractivity contribution in [3.05, 3.63) is 46.7 Å². The van der Waals surface area contributed by atoms with E-state index in [2.05, 4.69) is 16.9 Å². The number of furan rings is 1. The Kier molecular flexibility index (Phi) is 3.17. The van der Waals surface area contributed by atoms with Gasteiger partial charge < -0.3 is 9.40 Å². The maximum Gasteiger partial charge on any atom is 0.175 e. The number of aryl methyl sites for hydroxylation is 1. The summed E-state index contributed by atoms with van der Waals surface area (Å²) >= 11 is 5.21. The molecular formula is C15H14N2OS. The van der Waals surface area contributed by atoms with Gasteiger partial charge in [0.15, 0.2) is 11.6 Å². The first-order valence-electron chi connectivity index (χ1n) is 6.35. The van der Waals surface area contributed by atoms with E-state index in [1.165, 1.54) is 0 Å². The lowest BCUT2D eigenvalue weighted by Gasteiger charge is -2.02. The summed E-state index contributed by atoms with van der Waals surface area (Å²) in [6, 6.07) is 11.8. The van der Waals surface area contributed by atoms with Gasteiger partial charge in [-0.15, -0.1) is 0 Å². The van der Waals surface area contributed by atoms with E-state index in [0.717, 1.165) is 35.3 Å². The fourth-order valence-electron chi connectivity index (χ4n) is 2.13. The Balaban J connectivity index is 2.12. The van der Waals surface area contributed by atoms with Crippen LogP contribution in [0.2, 0.25) is 0 Å². The second kappa shape index (κ2) is 4.97. The van der Waals surface area contributed by atoms with Crippen molar-refractivity contribution in [1.29, 1.82) is 0 Å². The van der Waals surface area contributed by atoms with Crippen molar-refractivity contribution in [2.45, 2.75) is 19.8 Å². The molecule has 0 radical (unpaired) electrons. The van der Waals surface area contributed by atoms with E-state index in [4.69, 9.17) is 16.6 Å². The van der Waals surface area contributed by atoms with Gasteiger partial charge in [-0.05, 0) is 24.6 Å². The first kappa shape index (κ1) is 12.1. The predicted molar refractivity (Wildman–Crippen MR) is 78.6 cm³/mol. The van der Waals surface area contributed by atoms with Crippen molar-refractivity contribution in [3.8, 4) is 11.6 Å². The summed E-state index contributed by atoms with van der Waals surface area (Å²) in [4.78, 5) is 7.64. The van der Waals surface area contributed by atoms with Crippen LogP contribution >= 0.6 is 12.2 Å². The average Bonchev–Trinajstić information content (AvgIpc) is 2.82. The fraction of sp³-hybridized carbons (Fsp3) is 0.200. The Labute approximate surface area is 116 Å². The van der Waals surface area contributed by atoms with Gasteiger partial charge in [0, 0.05) is 11.1 Å². The largest absolute Gasteiger partial charge is 0.453 e. The third kappa shape index (κ3) is 2.44. The lowest BCUT2D eigenvalue weighted by molar-refractivity contribution is 0.624. The van der Waals surface area contributed by atoms with Crippen LogP contribution < -0.4 is 0 Å². The second-order valence-corrected chi connectivity index (χ2v) is 4.91. The van der Waals surface area contributed by atoms with Gasteiger partial charge in [-0.1, -0.05) is 43.8 Å². The summed E-state index contributed by atoms with van der Waals surface area (Å²) in [6.07, 6.45) is 2.02. The number of hydrogen-bond donors (Lipinski definition) is 1. The van der Waals surface area contributed by atoms with Crippen LogP contribution in [0.3, 0.4) is 0 Å². The van der Waals surface area contributed by atoms with Gasteiger partial charge >= 0.3 is 0 Å². The summed E-state index contributed by atoms with van der Waals surface area (Å²) in [5.41, 5.74) is 1.96. The van der Waals surface area contributed by atoms with Gasteiger partial charge in [0.05, 0.1) is 0 Å². The molecule has 0 aliphatic heterocycles. The number of hydrogen-bond acceptors (Lipinski definition) is 3. The maximum atomic E-state index is 5.80. The molecule has 0 amide bonds. The molecule has 0 saturated heterocycles. The molecule has 0 spiro atoms. The van der Waals surface area contributed by atoms with Crippen molar-refractivity contribution < 1.29 is 4.42 Å². The first-order valence-corrected chi connectivity index (χ1v) is 6.76. The van der Waals surface area contributed by atoms with Crippen LogP contribution in [-0.2, 0) is 6.42 Å². The molecule has 0 aliphatic rings. The van der Waals surface area contributed by atoms with Crippen LogP contribution in [0.25, 0.3) is 22.6 Å². The first-order chi connectivity index (χ1) is 9.26.